The van der Waals surface area contributed by atoms with Gasteiger partial charge >= 0.3 is 0 Å². The smallest absolute Gasteiger partial charge is 0.128 e. The Bertz CT molecular complexity index is 520. The molecule has 0 aliphatic heterocycles. The van der Waals surface area contributed by atoms with Crippen molar-refractivity contribution in [1.82, 2.24) is 15.1 Å². The highest BCUT2D eigenvalue weighted by atomic mass is 19.1. The molecule has 1 aromatic carbocycles. The first-order chi connectivity index (χ1) is 8.72. The summed E-state index contributed by atoms with van der Waals surface area (Å²) in [5, 5.41) is 7.58. The number of aromatic nitrogens is 2. The van der Waals surface area contributed by atoms with Crippen LogP contribution in [0.1, 0.15) is 23.7 Å². The van der Waals surface area contributed by atoms with E-state index in [0.29, 0.717) is 12.1 Å². The third kappa shape index (κ3) is 2.76. The van der Waals surface area contributed by atoms with E-state index >= 15 is 0 Å². The molecule has 0 unspecified atom stereocenters. The fourth-order valence-electron chi connectivity index (χ4n) is 1.87. The van der Waals surface area contributed by atoms with Crippen molar-refractivity contribution < 1.29 is 4.39 Å². The average Bonchev–Trinajstić information content (AvgIpc) is 2.71. The van der Waals surface area contributed by atoms with E-state index < -0.39 is 0 Å². The van der Waals surface area contributed by atoms with E-state index in [4.69, 9.17) is 0 Å². The maximum Gasteiger partial charge on any atom is 0.128 e. The summed E-state index contributed by atoms with van der Waals surface area (Å²) in [6.07, 6.45) is 1.85. The van der Waals surface area contributed by atoms with Crippen LogP contribution in [0.5, 0.6) is 0 Å². The van der Waals surface area contributed by atoms with Gasteiger partial charge < -0.3 is 5.32 Å². The second-order valence-electron chi connectivity index (χ2n) is 4.28. The zero-order valence-electron chi connectivity index (χ0n) is 10.8. The maximum absolute atomic E-state index is 13.6. The Morgan fingerprint density at radius 2 is 2.06 bits per heavy atom. The minimum Gasteiger partial charge on any atom is -0.313 e. The summed E-state index contributed by atoms with van der Waals surface area (Å²) < 4.78 is 15.4. The second kappa shape index (κ2) is 5.78. The lowest BCUT2D eigenvalue weighted by Crippen LogP contribution is -2.13. The van der Waals surface area contributed by atoms with Crippen LogP contribution in [0.15, 0.2) is 30.5 Å². The molecule has 96 valence electrons. The number of halogens is 1. The average molecular weight is 247 g/mol. The highest BCUT2D eigenvalue weighted by Crippen LogP contribution is 2.12. The first-order valence-corrected chi connectivity index (χ1v) is 6.17. The van der Waals surface area contributed by atoms with E-state index in [9.17, 15) is 4.39 Å². The molecule has 1 N–H and O–H groups in total. The summed E-state index contributed by atoms with van der Waals surface area (Å²) in [7, 11) is 0. The molecule has 0 amide bonds. The van der Waals surface area contributed by atoms with Crippen molar-refractivity contribution in [3.05, 3.63) is 53.1 Å². The number of nitrogens with one attached hydrogen (secondary N) is 1. The van der Waals surface area contributed by atoms with Gasteiger partial charge in [0.2, 0.25) is 0 Å². The summed E-state index contributed by atoms with van der Waals surface area (Å²) in [6.45, 7) is 6.29. The van der Waals surface area contributed by atoms with Gasteiger partial charge in [-0.25, -0.2) is 4.39 Å². The van der Waals surface area contributed by atoms with Crippen LogP contribution in [0.25, 0.3) is 0 Å². The highest BCUT2D eigenvalue weighted by molar-refractivity contribution is 5.21. The van der Waals surface area contributed by atoms with Crippen LogP contribution >= 0.6 is 0 Å². The molecular weight excluding hydrogens is 229 g/mol. The molecule has 0 bridgehead atoms. The monoisotopic (exact) mass is 247 g/mol. The van der Waals surface area contributed by atoms with Gasteiger partial charge in [0.15, 0.2) is 0 Å². The van der Waals surface area contributed by atoms with Crippen LogP contribution in [0, 0.1) is 12.7 Å². The first-order valence-electron chi connectivity index (χ1n) is 6.17. The Hall–Kier alpha value is -1.68. The van der Waals surface area contributed by atoms with Crippen molar-refractivity contribution in [1.29, 1.82) is 0 Å². The van der Waals surface area contributed by atoms with Crippen LogP contribution in [-0.2, 0) is 13.1 Å². The minimum atomic E-state index is -0.180. The Morgan fingerprint density at radius 3 is 2.78 bits per heavy atom. The fourth-order valence-corrected chi connectivity index (χ4v) is 1.87. The molecule has 0 spiro atoms. The molecule has 4 heteroatoms. The lowest BCUT2D eigenvalue weighted by atomic mass is 10.2. The van der Waals surface area contributed by atoms with Crippen LogP contribution in [0.3, 0.4) is 0 Å². The number of benzene rings is 1. The molecule has 0 radical (unpaired) electrons. The van der Waals surface area contributed by atoms with Crippen molar-refractivity contribution in [2.75, 3.05) is 6.54 Å². The van der Waals surface area contributed by atoms with Gasteiger partial charge in [0.05, 0.1) is 12.7 Å². The molecule has 2 aromatic rings. The molecule has 1 heterocycles. The van der Waals surface area contributed by atoms with E-state index in [1.165, 1.54) is 6.07 Å². The van der Waals surface area contributed by atoms with E-state index in [0.717, 1.165) is 24.3 Å². The zero-order valence-corrected chi connectivity index (χ0v) is 10.8. The quantitative estimate of drug-likeness (QED) is 0.879. The molecule has 1 aromatic heterocycles. The molecule has 0 saturated carbocycles. The van der Waals surface area contributed by atoms with Crippen LogP contribution in [0.2, 0.25) is 0 Å². The molecule has 0 saturated heterocycles. The zero-order chi connectivity index (χ0) is 13.0. The van der Waals surface area contributed by atoms with Gasteiger partial charge in [0.1, 0.15) is 5.82 Å². The van der Waals surface area contributed by atoms with Gasteiger partial charge in [0.25, 0.3) is 0 Å². The standard InChI is InChI=1S/C14H18FN3/c1-3-16-8-13-9-17-18(11(13)2)10-12-6-4-5-7-14(12)15/h4-7,9,16H,3,8,10H2,1-2H3. The molecule has 2 rings (SSSR count). The van der Waals surface area contributed by atoms with Gasteiger partial charge in [-0.3, -0.25) is 4.68 Å². The van der Waals surface area contributed by atoms with Crippen molar-refractivity contribution in [2.45, 2.75) is 26.9 Å². The topological polar surface area (TPSA) is 29.9 Å². The van der Waals surface area contributed by atoms with E-state index in [-0.39, 0.29) is 5.82 Å². The first kappa shape index (κ1) is 12.8. The molecule has 0 aliphatic carbocycles. The van der Waals surface area contributed by atoms with E-state index in [1.54, 1.807) is 12.1 Å². The minimum absolute atomic E-state index is 0.180. The van der Waals surface area contributed by atoms with Gasteiger partial charge in [-0.15, -0.1) is 0 Å². The Kier molecular flexibility index (Phi) is 4.10. The Balaban J connectivity index is 2.15. The highest BCUT2D eigenvalue weighted by Gasteiger charge is 2.08. The third-order valence-corrected chi connectivity index (χ3v) is 3.05. The SMILES string of the molecule is CCNCc1cnn(Cc2ccccc2F)c1C. The van der Waals surface area contributed by atoms with E-state index in [2.05, 4.69) is 17.3 Å². The van der Waals surface area contributed by atoms with Gasteiger partial charge in [-0.1, -0.05) is 25.1 Å². The molecule has 18 heavy (non-hydrogen) atoms. The molecule has 0 atom stereocenters. The predicted molar refractivity (Wildman–Crippen MR) is 69.8 cm³/mol. The van der Waals surface area contributed by atoms with Crippen molar-refractivity contribution in [2.24, 2.45) is 0 Å². The molecule has 0 fully saturated rings. The summed E-state index contributed by atoms with van der Waals surface area (Å²) >= 11 is 0. The van der Waals surface area contributed by atoms with Crippen molar-refractivity contribution in [3.8, 4) is 0 Å². The summed E-state index contributed by atoms with van der Waals surface area (Å²) in [5.74, 6) is -0.180. The summed E-state index contributed by atoms with van der Waals surface area (Å²) in [4.78, 5) is 0. The summed E-state index contributed by atoms with van der Waals surface area (Å²) in [6, 6.07) is 6.82. The number of hydrogen-bond acceptors (Lipinski definition) is 2. The van der Waals surface area contributed by atoms with Crippen LogP contribution in [-0.4, -0.2) is 16.3 Å². The lowest BCUT2D eigenvalue weighted by Gasteiger charge is -2.07. The Morgan fingerprint density at radius 1 is 1.28 bits per heavy atom. The third-order valence-electron chi connectivity index (χ3n) is 3.05. The predicted octanol–water partition coefficient (Wildman–Crippen LogP) is 2.49. The number of rotatable bonds is 5. The second-order valence-corrected chi connectivity index (χ2v) is 4.28. The largest absolute Gasteiger partial charge is 0.313 e. The number of hydrogen-bond donors (Lipinski definition) is 1. The van der Waals surface area contributed by atoms with Crippen molar-refractivity contribution in [3.63, 3.8) is 0 Å². The maximum atomic E-state index is 13.6. The van der Waals surface area contributed by atoms with Crippen molar-refractivity contribution >= 4 is 0 Å². The Labute approximate surface area is 107 Å². The van der Waals surface area contributed by atoms with Crippen LogP contribution < -0.4 is 5.32 Å². The van der Waals surface area contributed by atoms with Gasteiger partial charge in [-0.05, 0) is 19.5 Å². The summed E-state index contributed by atoms with van der Waals surface area (Å²) in [5.41, 5.74) is 2.91. The molecule has 0 aliphatic rings. The number of nitrogens with zero attached hydrogens (tertiary/aromatic N) is 2. The van der Waals surface area contributed by atoms with Gasteiger partial charge in [-0.2, -0.15) is 5.10 Å². The molecule has 3 nitrogen and oxygen atoms in total. The van der Waals surface area contributed by atoms with Gasteiger partial charge in [0, 0.05) is 23.4 Å². The molecular formula is C14H18FN3. The fraction of sp³-hybridized carbons (Fsp3) is 0.357. The normalized spacial score (nSPS) is 10.8. The lowest BCUT2D eigenvalue weighted by molar-refractivity contribution is 0.579. The van der Waals surface area contributed by atoms with Crippen LogP contribution in [0.4, 0.5) is 4.39 Å². The van der Waals surface area contributed by atoms with E-state index in [1.807, 2.05) is 23.9 Å².